The SMILES string of the molecule is CCC(C)(C)NC(=O)C(c1ccc(C)cc1)N(C(=O)CNC(=O)c1cccs1)c1c(OC)cccc1OC. The maximum absolute atomic E-state index is 14.0. The fourth-order valence-corrected chi connectivity index (χ4v) is 4.50. The first-order valence-electron chi connectivity index (χ1n) is 12.3. The maximum atomic E-state index is 14.0. The van der Waals surface area contributed by atoms with Gasteiger partial charge in [-0.25, -0.2) is 0 Å². The van der Waals surface area contributed by atoms with Crippen LogP contribution < -0.4 is 25.0 Å². The highest BCUT2D eigenvalue weighted by Gasteiger charge is 2.38. The Labute approximate surface area is 228 Å². The number of rotatable bonds is 11. The fraction of sp³-hybridized carbons (Fsp3) is 0.345. The van der Waals surface area contributed by atoms with Crippen LogP contribution in [0.5, 0.6) is 11.5 Å². The number of carbonyl (C=O) groups excluding carboxylic acids is 3. The van der Waals surface area contributed by atoms with E-state index in [-0.39, 0.29) is 18.4 Å². The van der Waals surface area contributed by atoms with Gasteiger partial charge in [0.1, 0.15) is 23.2 Å². The largest absolute Gasteiger partial charge is 0.494 e. The van der Waals surface area contributed by atoms with Gasteiger partial charge in [0.25, 0.3) is 5.91 Å². The molecule has 0 aliphatic carbocycles. The van der Waals surface area contributed by atoms with E-state index in [1.807, 2.05) is 52.0 Å². The lowest BCUT2D eigenvalue weighted by molar-refractivity contribution is -0.127. The second kappa shape index (κ2) is 12.6. The molecule has 0 fully saturated rings. The number of ether oxygens (including phenoxy) is 2. The topological polar surface area (TPSA) is 97.0 Å². The summed E-state index contributed by atoms with van der Waals surface area (Å²) in [5.74, 6) is -0.549. The molecule has 8 nitrogen and oxygen atoms in total. The summed E-state index contributed by atoms with van der Waals surface area (Å²) in [6.45, 7) is 7.44. The van der Waals surface area contributed by atoms with Crippen molar-refractivity contribution >= 4 is 34.7 Å². The van der Waals surface area contributed by atoms with Crippen LogP contribution in [-0.4, -0.2) is 44.0 Å². The second-order valence-electron chi connectivity index (χ2n) is 9.47. The summed E-state index contributed by atoms with van der Waals surface area (Å²) >= 11 is 1.28. The molecule has 1 aromatic heterocycles. The van der Waals surface area contributed by atoms with Gasteiger partial charge in [-0.1, -0.05) is 48.9 Å². The lowest BCUT2D eigenvalue weighted by Gasteiger charge is -2.35. The highest BCUT2D eigenvalue weighted by atomic mass is 32.1. The van der Waals surface area contributed by atoms with Gasteiger partial charge in [0.15, 0.2) is 0 Å². The van der Waals surface area contributed by atoms with E-state index in [2.05, 4.69) is 10.6 Å². The van der Waals surface area contributed by atoms with Crippen LogP contribution in [0.4, 0.5) is 5.69 Å². The lowest BCUT2D eigenvalue weighted by Crippen LogP contribution is -2.52. The number of anilines is 1. The number of nitrogens with zero attached hydrogens (tertiary/aromatic N) is 1. The molecule has 0 spiro atoms. The first-order valence-corrected chi connectivity index (χ1v) is 13.2. The number of thiophene rings is 1. The molecule has 2 N–H and O–H groups in total. The van der Waals surface area contributed by atoms with Crippen molar-refractivity contribution in [3.8, 4) is 11.5 Å². The third-order valence-electron chi connectivity index (χ3n) is 6.30. The quantitative estimate of drug-likeness (QED) is 0.363. The Morgan fingerprint density at radius 3 is 2.13 bits per heavy atom. The zero-order chi connectivity index (χ0) is 27.9. The summed E-state index contributed by atoms with van der Waals surface area (Å²) in [4.78, 5) is 42.5. The van der Waals surface area contributed by atoms with E-state index in [1.54, 1.807) is 35.7 Å². The molecule has 3 rings (SSSR count). The summed E-state index contributed by atoms with van der Waals surface area (Å²) in [5, 5.41) is 7.56. The standard InChI is InChI=1S/C29H35N3O5S/c1-7-29(3,4)31-28(35)25(20-15-13-19(2)14-16-20)32(26-21(36-5)10-8-11-22(26)37-6)24(33)18-30-27(34)23-12-9-17-38-23/h8-17,25H,7,18H2,1-6H3,(H,30,34)(H,31,35). The number of hydrogen-bond donors (Lipinski definition) is 2. The summed E-state index contributed by atoms with van der Waals surface area (Å²) in [7, 11) is 2.97. The molecule has 3 aromatic rings. The zero-order valence-corrected chi connectivity index (χ0v) is 23.5. The predicted molar refractivity (Wildman–Crippen MR) is 150 cm³/mol. The third-order valence-corrected chi connectivity index (χ3v) is 7.17. The van der Waals surface area contributed by atoms with Crippen LogP contribution in [-0.2, 0) is 9.59 Å². The van der Waals surface area contributed by atoms with Gasteiger partial charge in [-0.05, 0) is 56.3 Å². The average molecular weight is 538 g/mol. The fourth-order valence-electron chi connectivity index (χ4n) is 3.86. The lowest BCUT2D eigenvalue weighted by atomic mass is 9.97. The van der Waals surface area contributed by atoms with Gasteiger partial charge in [-0.2, -0.15) is 0 Å². The van der Waals surface area contributed by atoms with Crippen molar-refractivity contribution in [3.63, 3.8) is 0 Å². The predicted octanol–water partition coefficient (Wildman–Crippen LogP) is 4.88. The van der Waals surface area contributed by atoms with Crippen LogP contribution >= 0.6 is 11.3 Å². The molecule has 3 amide bonds. The van der Waals surface area contributed by atoms with Crippen LogP contribution in [0.3, 0.4) is 0 Å². The van der Waals surface area contributed by atoms with Crippen LogP contribution in [0.15, 0.2) is 60.0 Å². The Kier molecular flexibility index (Phi) is 9.52. The average Bonchev–Trinajstić information content (AvgIpc) is 3.45. The van der Waals surface area contributed by atoms with Crippen molar-refractivity contribution in [2.45, 2.75) is 45.7 Å². The minimum Gasteiger partial charge on any atom is -0.494 e. The number of amides is 3. The Bertz CT molecular complexity index is 1230. The molecule has 0 bridgehead atoms. The first kappa shape index (κ1) is 28.7. The summed E-state index contributed by atoms with van der Waals surface area (Å²) in [6.07, 6.45) is 0.683. The van der Waals surface area contributed by atoms with Crippen LogP contribution in [0.25, 0.3) is 0 Å². The molecule has 1 atom stereocenters. The van der Waals surface area contributed by atoms with E-state index >= 15 is 0 Å². The summed E-state index contributed by atoms with van der Waals surface area (Å²) in [5.41, 5.74) is 1.39. The Morgan fingerprint density at radius 2 is 1.61 bits per heavy atom. The van der Waals surface area contributed by atoms with Crippen molar-refractivity contribution < 1.29 is 23.9 Å². The van der Waals surface area contributed by atoms with E-state index in [4.69, 9.17) is 9.47 Å². The zero-order valence-electron chi connectivity index (χ0n) is 22.7. The van der Waals surface area contributed by atoms with Gasteiger partial charge in [0, 0.05) is 5.54 Å². The van der Waals surface area contributed by atoms with Gasteiger partial charge in [-0.3, -0.25) is 19.3 Å². The number of nitrogens with one attached hydrogen (secondary N) is 2. The maximum Gasteiger partial charge on any atom is 0.261 e. The number of para-hydroxylation sites is 1. The first-order chi connectivity index (χ1) is 18.1. The molecule has 0 radical (unpaired) electrons. The van der Waals surface area contributed by atoms with E-state index in [0.29, 0.717) is 34.0 Å². The third kappa shape index (κ3) is 6.72. The number of hydrogen-bond acceptors (Lipinski definition) is 6. The number of aryl methyl sites for hydroxylation is 1. The summed E-state index contributed by atoms with van der Waals surface area (Å²) < 4.78 is 11.2. The molecule has 202 valence electrons. The molecular weight excluding hydrogens is 502 g/mol. The molecule has 0 saturated carbocycles. The van der Waals surface area contributed by atoms with Gasteiger partial charge in [0.2, 0.25) is 11.8 Å². The highest BCUT2D eigenvalue weighted by molar-refractivity contribution is 7.12. The van der Waals surface area contributed by atoms with Crippen LogP contribution in [0.1, 0.15) is 54.0 Å². The van der Waals surface area contributed by atoms with Crippen molar-refractivity contribution in [1.82, 2.24) is 10.6 Å². The monoisotopic (exact) mass is 537 g/mol. The van der Waals surface area contributed by atoms with Crippen molar-refractivity contribution in [2.75, 3.05) is 25.7 Å². The smallest absolute Gasteiger partial charge is 0.261 e. The van der Waals surface area contributed by atoms with Crippen molar-refractivity contribution in [3.05, 3.63) is 76.0 Å². The Morgan fingerprint density at radius 1 is 0.974 bits per heavy atom. The number of carbonyl (C=O) groups is 3. The molecule has 1 unspecified atom stereocenters. The van der Waals surface area contributed by atoms with Crippen molar-refractivity contribution in [2.24, 2.45) is 0 Å². The number of methoxy groups -OCH3 is 2. The molecule has 0 aliphatic rings. The summed E-state index contributed by atoms with van der Waals surface area (Å²) in [6, 6.07) is 14.9. The minimum absolute atomic E-state index is 0.294. The van der Waals surface area contributed by atoms with Gasteiger partial charge in [0.05, 0.1) is 25.6 Å². The van der Waals surface area contributed by atoms with Crippen LogP contribution in [0.2, 0.25) is 0 Å². The van der Waals surface area contributed by atoms with E-state index in [1.165, 1.54) is 30.5 Å². The van der Waals surface area contributed by atoms with E-state index in [0.717, 1.165) is 5.56 Å². The molecule has 2 aromatic carbocycles. The molecule has 38 heavy (non-hydrogen) atoms. The molecular formula is C29H35N3O5S. The van der Waals surface area contributed by atoms with Crippen LogP contribution in [0, 0.1) is 6.92 Å². The molecule has 9 heteroatoms. The second-order valence-corrected chi connectivity index (χ2v) is 10.4. The number of benzene rings is 2. The Balaban J connectivity index is 2.16. The normalized spacial score (nSPS) is 11.8. The van der Waals surface area contributed by atoms with Gasteiger partial charge >= 0.3 is 0 Å². The van der Waals surface area contributed by atoms with Gasteiger partial charge < -0.3 is 20.1 Å². The van der Waals surface area contributed by atoms with E-state index in [9.17, 15) is 14.4 Å². The minimum atomic E-state index is -1.07. The Hall–Kier alpha value is -3.85. The molecule has 1 heterocycles. The molecule has 0 saturated heterocycles. The van der Waals surface area contributed by atoms with Gasteiger partial charge in [-0.15, -0.1) is 11.3 Å². The molecule has 0 aliphatic heterocycles. The van der Waals surface area contributed by atoms with E-state index < -0.39 is 17.5 Å². The highest BCUT2D eigenvalue weighted by Crippen LogP contribution is 2.42. The van der Waals surface area contributed by atoms with Crippen molar-refractivity contribution in [1.29, 1.82) is 0 Å².